The zero-order chi connectivity index (χ0) is 26.0. The minimum Gasteiger partial charge on any atom is -0.494 e. The first-order valence-corrected chi connectivity index (χ1v) is 14.4. The topological polar surface area (TPSA) is 48.9 Å². The van der Waals surface area contributed by atoms with Gasteiger partial charge in [0.25, 0.3) is 5.92 Å². The number of hydrogen-bond donors (Lipinski definition) is 0. The third kappa shape index (κ3) is 6.49. The van der Waals surface area contributed by atoms with Crippen LogP contribution in [0.3, 0.4) is 0 Å². The number of carbonyl (C=O) groups excluding carboxylic acids is 1. The Labute approximate surface area is 222 Å². The maximum absolute atomic E-state index is 13.4. The normalized spacial score (nSPS) is 22.4. The van der Waals surface area contributed by atoms with Crippen LogP contribution in [0, 0.1) is 5.92 Å². The summed E-state index contributed by atoms with van der Waals surface area (Å²) in [5.74, 6) is -1.92. The lowest BCUT2D eigenvalue weighted by atomic mass is 10.0. The Balaban J connectivity index is 1.06. The van der Waals surface area contributed by atoms with E-state index in [2.05, 4.69) is 23.6 Å². The first kappa shape index (κ1) is 26.5. The van der Waals surface area contributed by atoms with Crippen molar-refractivity contribution in [3.05, 3.63) is 34.8 Å². The Kier molecular flexibility index (Phi) is 8.12. The van der Waals surface area contributed by atoms with E-state index in [1.807, 2.05) is 24.3 Å². The van der Waals surface area contributed by atoms with Crippen molar-refractivity contribution in [1.29, 1.82) is 0 Å². The maximum Gasteiger partial charge on any atom is 0.251 e. The van der Waals surface area contributed by atoms with Crippen molar-refractivity contribution in [2.24, 2.45) is 5.92 Å². The first-order chi connectivity index (χ1) is 17.8. The Morgan fingerprint density at radius 1 is 1.08 bits per heavy atom. The van der Waals surface area contributed by atoms with Crippen molar-refractivity contribution in [3.63, 3.8) is 0 Å². The zero-order valence-electron chi connectivity index (χ0n) is 21.9. The number of amides is 1. The van der Waals surface area contributed by atoms with Gasteiger partial charge >= 0.3 is 0 Å². The second-order valence-electron chi connectivity index (χ2n) is 10.9. The third-order valence-corrected chi connectivity index (χ3v) is 9.10. The molecule has 2 saturated heterocycles. The van der Waals surface area contributed by atoms with Gasteiger partial charge in [-0.05, 0) is 51.0 Å². The molecule has 1 amide bonds. The van der Waals surface area contributed by atoms with E-state index in [9.17, 15) is 13.6 Å². The largest absolute Gasteiger partial charge is 0.494 e. The predicted octanol–water partition coefficient (Wildman–Crippen LogP) is 4.58. The summed E-state index contributed by atoms with van der Waals surface area (Å²) in [6.45, 7) is 11.2. The number of aromatic nitrogens is 1. The number of alkyl halides is 2. The van der Waals surface area contributed by atoms with Crippen LogP contribution in [0.15, 0.2) is 24.3 Å². The summed E-state index contributed by atoms with van der Waals surface area (Å²) >= 11 is 1.64. The van der Waals surface area contributed by atoms with Crippen molar-refractivity contribution >= 4 is 17.2 Å². The van der Waals surface area contributed by atoms with Gasteiger partial charge in [-0.25, -0.2) is 13.8 Å². The van der Waals surface area contributed by atoms with Gasteiger partial charge in [0.1, 0.15) is 10.8 Å². The smallest absolute Gasteiger partial charge is 0.251 e. The van der Waals surface area contributed by atoms with Gasteiger partial charge in [-0.1, -0.05) is 0 Å². The van der Waals surface area contributed by atoms with Crippen LogP contribution in [0.5, 0.6) is 5.75 Å². The van der Waals surface area contributed by atoms with Gasteiger partial charge < -0.3 is 14.5 Å². The molecule has 2 aromatic rings. The summed E-state index contributed by atoms with van der Waals surface area (Å²) < 4.78 is 32.8. The van der Waals surface area contributed by atoms with Crippen molar-refractivity contribution in [3.8, 4) is 16.3 Å². The molecule has 3 heterocycles. The van der Waals surface area contributed by atoms with E-state index in [-0.39, 0.29) is 37.8 Å². The van der Waals surface area contributed by atoms with Gasteiger partial charge in [-0.3, -0.25) is 9.69 Å². The lowest BCUT2D eigenvalue weighted by molar-refractivity contribution is -0.141. The van der Waals surface area contributed by atoms with Gasteiger partial charge in [0.2, 0.25) is 5.91 Å². The molecule has 0 N–H and O–H groups in total. The molecule has 1 aliphatic carbocycles. The fourth-order valence-electron chi connectivity index (χ4n) is 5.52. The molecule has 1 atom stereocenters. The Morgan fingerprint density at radius 2 is 1.78 bits per heavy atom. The molecule has 1 aromatic carbocycles. The molecule has 6 nitrogen and oxygen atoms in total. The molecular formula is C28H38F2N4O2S. The number of ether oxygens (including phenoxy) is 1. The lowest BCUT2D eigenvalue weighted by Gasteiger charge is -2.36. The number of piperazine rings is 1. The second-order valence-corrected chi connectivity index (χ2v) is 12.0. The molecule has 9 heteroatoms. The second kappa shape index (κ2) is 11.3. The molecule has 1 aromatic heterocycles. The molecule has 0 bridgehead atoms. The molecule has 202 valence electrons. The van der Waals surface area contributed by atoms with Gasteiger partial charge in [0.05, 0.1) is 12.3 Å². The number of halogens is 2. The fourth-order valence-corrected chi connectivity index (χ4v) is 6.69. The number of likely N-dealkylation sites (tertiary alicyclic amines) is 1. The lowest BCUT2D eigenvalue weighted by Crippen LogP contribution is -2.49. The molecule has 5 rings (SSSR count). The minimum absolute atomic E-state index is 0.00145. The number of fused-ring (bicyclic) bond motifs is 1. The summed E-state index contributed by atoms with van der Waals surface area (Å²) in [6.07, 6.45) is 1.82. The monoisotopic (exact) mass is 532 g/mol. The van der Waals surface area contributed by atoms with Crippen LogP contribution < -0.4 is 4.74 Å². The third-order valence-electron chi connectivity index (χ3n) is 7.93. The summed E-state index contributed by atoms with van der Waals surface area (Å²) in [7, 11) is 0. The van der Waals surface area contributed by atoms with Crippen molar-refractivity contribution < 1.29 is 18.3 Å². The quantitative estimate of drug-likeness (QED) is 0.466. The average molecular weight is 533 g/mol. The highest BCUT2D eigenvalue weighted by atomic mass is 32.1. The van der Waals surface area contributed by atoms with Crippen molar-refractivity contribution in [1.82, 2.24) is 19.7 Å². The van der Waals surface area contributed by atoms with Crippen LogP contribution in [0.25, 0.3) is 10.6 Å². The molecule has 2 fully saturated rings. The molecule has 0 spiro atoms. The van der Waals surface area contributed by atoms with Crippen LogP contribution in [0.1, 0.15) is 43.7 Å². The van der Waals surface area contributed by atoms with Crippen LogP contribution in [0.2, 0.25) is 0 Å². The first-order valence-electron chi connectivity index (χ1n) is 13.6. The number of piperidine rings is 1. The number of hydrogen-bond acceptors (Lipinski definition) is 6. The molecule has 37 heavy (non-hydrogen) atoms. The summed E-state index contributed by atoms with van der Waals surface area (Å²) in [5.41, 5.74) is 2.03. The number of thiazole rings is 1. The highest BCUT2D eigenvalue weighted by Crippen LogP contribution is 2.38. The molecule has 2 aliphatic heterocycles. The molecule has 0 radical (unpaired) electrons. The summed E-state index contributed by atoms with van der Waals surface area (Å²) in [6, 6.07) is 8.73. The van der Waals surface area contributed by atoms with Crippen molar-refractivity contribution in [2.75, 3.05) is 52.4 Å². The number of carbonyl (C=O) groups is 1. The predicted molar refractivity (Wildman–Crippen MR) is 142 cm³/mol. The average Bonchev–Trinajstić information content (AvgIpc) is 3.47. The van der Waals surface area contributed by atoms with E-state index in [0.717, 1.165) is 66.0 Å². The highest BCUT2D eigenvalue weighted by Gasteiger charge is 2.39. The van der Waals surface area contributed by atoms with Crippen LogP contribution in [0.4, 0.5) is 8.78 Å². The number of nitrogens with zero attached hydrogens (tertiary/aromatic N) is 4. The van der Waals surface area contributed by atoms with E-state index in [1.54, 1.807) is 16.2 Å². The van der Waals surface area contributed by atoms with Gasteiger partial charge in [0, 0.05) is 87.5 Å². The van der Waals surface area contributed by atoms with E-state index >= 15 is 0 Å². The highest BCUT2D eigenvalue weighted by molar-refractivity contribution is 7.15. The minimum atomic E-state index is -2.63. The van der Waals surface area contributed by atoms with Gasteiger partial charge in [-0.2, -0.15) is 0 Å². The fraction of sp³-hybridized carbons (Fsp3) is 0.643. The Bertz CT molecular complexity index is 1030. The summed E-state index contributed by atoms with van der Waals surface area (Å²) in [4.78, 5) is 25.5. The van der Waals surface area contributed by atoms with E-state index in [1.165, 1.54) is 0 Å². The van der Waals surface area contributed by atoms with E-state index in [0.29, 0.717) is 25.5 Å². The number of benzene rings is 1. The zero-order valence-corrected chi connectivity index (χ0v) is 22.7. The van der Waals surface area contributed by atoms with Gasteiger partial charge in [0.15, 0.2) is 0 Å². The maximum atomic E-state index is 13.4. The van der Waals surface area contributed by atoms with Gasteiger partial charge in [-0.15, -0.1) is 11.3 Å². The molecule has 1 unspecified atom stereocenters. The summed E-state index contributed by atoms with van der Waals surface area (Å²) in [5, 5.41) is 0.959. The van der Waals surface area contributed by atoms with Crippen LogP contribution >= 0.6 is 11.3 Å². The Morgan fingerprint density at radius 3 is 2.43 bits per heavy atom. The van der Waals surface area contributed by atoms with Crippen LogP contribution in [-0.2, 0) is 17.6 Å². The van der Waals surface area contributed by atoms with E-state index in [4.69, 9.17) is 9.72 Å². The van der Waals surface area contributed by atoms with Crippen LogP contribution in [-0.4, -0.2) is 90.0 Å². The Hall–Kier alpha value is -2.10. The van der Waals surface area contributed by atoms with E-state index < -0.39 is 5.92 Å². The molecule has 0 saturated carbocycles. The molecular weight excluding hydrogens is 494 g/mol. The standard InChI is InChI=1S/C28H38F2N4O2S/c1-20(2)33-15-13-32(14-16-33)10-3-17-36-23-6-4-21(5-7-23)26-31-24-18-22(19-25(24)37-26)27(35)34-11-8-28(29,30)9-12-34/h4-7,20,22H,3,8-19H2,1-2H3. The number of rotatable bonds is 8. The molecule has 3 aliphatic rings. The van der Waals surface area contributed by atoms with Crippen molar-refractivity contribution in [2.45, 2.75) is 57.9 Å². The SMILES string of the molecule is CC(C)N1CCN(CCCOc2ccc(-c3nc4c(s3)CC(C(=O)N3CCC(F)(F)CC3)C4)cc2)CC1.